The Morgan fingerprint density at radius 1 is 1.30 bits per heavy atom. The smallest absolute Gasteiger partial charge is 0.193 e. The lowest BCUT2D eigenvalue weighted by molar-refractivity contribution is 0.0264. The Bertz CT molecular complexity index is 742. The number of ether oxygens (including phenoxy) is 1. The molecule has 3 rings (SSSR count). The predicted octanol–water partition coefficient (Wildman–Crippen LogP) is 1.47. The van der Waals surface area contributed by atoms with Crippen LogP contribution >= 0.6 is 24.0 Å². The Labute approximate surface area is 177 Å². The van der Waals surface area contributed by atoms with Crippen molar-refractivity contribution in [1.29, 1.82) is 0 Å². The van der Waals surface area contributed by atoms with E-state index in [2.05, 4.69) is 42.5 Å². The quantitative estimate of drug-likeness (QED) is 0.275. The van der Waals surface area contributed by atoms with E-state index in [0.717, 1.165) is 68.4 Å². The zero-order chi connectivity index (χ0) is 18.4. The van der Waals surface area contributed by atoms with Crippen LogP contribution in [0.1, 0.15) is 19.8 Å². The maximum atomic E-state index is 5.71. The highest BCUT2D eigenvalue weighted by atomic mass is 127. The van der Waals surface area contributed by atoms with Gasteiger partial charge in [0.05, 0.1) is 17.7 Å². The number of hydrogen-bond donors (Lipinski definition) is 2. The van der Waals surface area contributed by atoms with Gasteiger partial charge in [-0.2, -0.15) is 5.10 Å². The van der Waals surface area contributed by atoms with Gasteiger partial charge in [0.15, 0.2) is 11.6 Å². The number of fused-ring (bicyclic) bond motifs is 1. The number of rotatable bonds is 6. The van der Waals surface area contributed by atoms with Crippen molar-refractivity contribution < 1.29 is 4.74 Å². The lowest BCUT2D eigenvalue weighted by Crippen LogP contribution is -2.47. The summed E-state index contributed by atoms with van der Waals surface area (Å²) in [5.41, 5.74) is 0.823. The van der Waals surface area contributed by atoms with Crippen molar-refractivity contribution in [2.24, 2.45) is 12.0 Å². The highest BCUT2D eigenvalue weighted by Gasteiger charge is 2.21. The molecule has 0 atom stereocenters. The van der Waals surface area contributed by atoms with Crippen LogP contribution in [-0.4, -0.2) is 76.5 Å². The average molecular weight is 488 g/mol. The summed E-state index contributed by atoms with van der Waals surface area (Å²) < 4.78 is 7.46. The van der Waals surface area contributed by atoms with Crippen molar-refractivity contribution in [1.82, 2.24) is 30.0 Å². The summed E-state index contributed by atoms with van der Waals surface area (Å²) in [6.07, 6.45) is 5.82. The summed E-state index contributed by atoms with van der Waals surface area (Å²) >= 11 is 0. The summed E-state index contributed by atoms with van der Waals surface area (Å²) in [6, 6.07) is 0. The molecule has 1 aliphatic rings. The highest BCUT2D eigenvalue weighted by Crippen LogP contribution is 2.17. The Morgan fingerprint density at radius 2 is 2.07 bits per heavy atom. The van der Waals surface area contributed by atoms with Gasteiger partial charge in [0, 0.05) is 46.9 Å². The number of anilines is 1. The van der Waals surface area contributed by atoms with Gasteiger partial charge in [0.2, 0.25) is 0 Å². The van der Waals surface area contributed by atoms with Crippen LogP contribution in [0.5, 0.6) is 0 Å². The minimum atomic E-state index is 0. The van der Waals surface area contributed by atoms with E-state index in [0.29, 0.717) is 6.10 Å². The van der Waals surface area contributed by atoms with Crippen molar-refractivity contribution >= 4 is 46.8 Å². The summed E-state index contributed by atoms with van der Waals surface area (Å²) in [6.45, 7) is 6.27. The number of nitrogens with one attached hydrogen (secondary N) is 2. The maximum Gasteiger partial charge on any atom is 0.193 e. The van der Waals surface area contributed by atoms with E-state index in [9.17, 15) is 0 Å². The molecule has 3 heterocycles. The number of halogens is 1. The first-order valence-corrected chi connectivity index (χ1v) is 9.16. The summed E-state index contributed by atoms with van der Waals surface area (Å²) in [5, 5.41) is 11.9. The first-order valence-electron chi connectivity index (χ1n) is 9.16. The third-order valence-electron chi connectivity index (χ3n) is 4.59. The predicted molar refractivity (Wildman–Crippen MR) is 118 cm³/mol. The third kappa shape index (κ3) is 5.41. The Hall–Kier alpha value is -1.69. The molecule has 0 spiro atoms. The maximum absolute atomic E-state index is 5.71. The lowest BCUT2D eigenvalue weighted by Gasteiger charge is -2.34. The second kappa shape index (κ2) is 10.6. The van der Waals surface area contributed by atoms with Gasteiger partial charge in [-0.05, 0) is 19.8 Å². The number of likely N-dealkylation sites (tertiary alicyclic amines) is 1. The number of piperidine rings is 1. The SMILES string of the molecule is CCOC1CCN(C(=NC)NCCNc2ncnc3c2cnn3C)CC1.I. The van der Waals surface area contributed by atoms with Gasteiger partial charge in [-0.15, -0.1) is 24.0 Å². The Morgan fingerprint density at radius 3 is 2.78 bits per heavy atom. The van der Waals surface area contributed by atoms with E-state index < -0.39 is 0 Å². The molecule has 1 fully saturated rings. The van der Waals surface area contributed by atoms with Crippen LogP contribution in [0.3, 0.4) is 0 Å². The van der Waals surface area contributed by atoms with Gasteiger partial charge in [-0.1, -0.05) is 0 Å². The number of hydrogen-bond acceptors (Lipinski definition) is 6. The minimum absolute atomic E-state index is 0. The monoisotopic (exact) mass is 488 g/mol. The van der Waals surface area contributed by atoms with E-state index in [1.165, 1.54) is 0 Å². The molecule has 0 unspecified atom stereocenters. The molecule has 2 aromatic rings. The summed E-state index contributed by atoms with van der Waals surface area (Å²) in [7, 11) is 3.70. The van der Waals surface area contributed by atoms with Gasteiger partial charge in [0.25, 0.3) is 0 Å². The molecule has 2 N–H and O–H groups in total. The fourth-order valence-corrected chi connectivity index (χ4v) is 3.26. The van der Waals surface area contributed by atoms with Crippen molar-refractivity contribution in [3.05, 3.63) is 12.5 Å². The van der Waals surface area contributed by atoms with Gasteiger partial charge in [0.1, 0.15) is 12.1 Å². The van der Waals surface area contributed by atoms with Gasteiger partial charge in [-0.25, -0.2) is 9.97 Å². The van der Waals surface area contributed by atoms with Crippen LogP contribution in [0, 0.1) is 0 Å². The van der Waals surface area contributed by atoms with Crippen molar-refractivity contribution in [3.63, 3.8) is 0 Å². The second-order valence-electron chi connectivity index (χ2n) is 6.27. The van der Waals surface area contributed by atoms with E-state index in [1.807, 2.05) is 14.1 Å². The molecule has 1 saturated heterocycles. The van der Waals surface area contributed by atoms with Crippen molar-refractivity contribution in [2.75, 3.05) is 45.2 Å². The molecule has 0 radical (unpaired) electrons. The molecular weight excluding hydrogens is 459 g/mol. The minimum Gasteiger partial charge on any atom is -0.378 e. The molecule has 150 valence electrons. The summed E-state index contributed by atoms with van der Waals surface area (Å²) in [4.78, 5) is 15.3. The largest absolute Gasteiger partial charge is 0.378 e. The van der Waals surface area contributed by atoms with Gasteiger partial charge >= 0.3 is 0 Å². The average Bonchev–Trinajstić information content (AvgIpc) is 3.05. The van der Waals surface area contributed by atoms with Gasteiger partial charge < -0.3 is 20.3 Å². The van der Waals surface area contributed by atoms with E-state index in [1.54, 1.807) is 17.2 Å². The molecule has 0 aromatic carbocycles. The molecule has 2 aromatic heterocycles. The molecule has 9 nitrogen and oxygen atoms in total. The number of aryl methyl sites for hydroxylation is 1. The fraction of sp³-hybridized carbons (Fsp3) is 0.647. The standard InChI is InChI=1S/C17H28N8O.HI/c1-4-26-13-5-9-25(10-6-13)17(18-2)20-8-7-19-15-14-11-23-24(3)16(14)22-12-21-15;/h11-13H,4-10H2,1-3H3,(H,18,20)(H,19,21,22);1H. The summed E-state index contributed by atoms with van der Waals surface area (Å²) in [5.74, 6) is 1.74. The molecular formula is C17H29IN8O. The number of aromatic nitrogens is 4. The molecule has 0 aliphatic carbocycles. The zero-order valence-electron chi connectivity index (χ0n) is 16.2. The molecule has 0 saturated carbocycles. The first-order chi connectivity index (χ1) is 12.7. The zero-order valence-corrected chi connectivity index (χ0v) is 18.5. The number of aliphatic imine (C=N–C) groups is 1. The van der Waals surface area contributed by atoms with Crippen molar-refractivity contribution in [3.8, 4) is 0 Å². The van der Waals surface area contributed by atoms with Crippen LogP contribution in [0.15, 0.2) is 17.5 Å². The number of guanidine groups is 1. The Kier molecular flexibility index (Phi) is 8.48. The van der Waals surface area contributed by atoms with Crippen LogP contribution in [-0.2, 0) is 11.8 Å². The van der Waals surface area contributed by atoms with Gasteiger partial charge in [-0.3, -0.25) is 9.67 Å². The van der Waals surface area contributed by atoms with Crippen LogP contribution < -0.4 is 10.6 Å². The number of nitrogens with zero attached hydrogens (tertiary/aromatic N) is 6. The molecule has 27 heavy (non-hydrogen) atoms. The second-order valence-corrected chi connectivity index (χ2v) is 6.27. The van der Waals surface area contributed by atoms with Crippen LogP contribution in [0.4, 0.5) is 5.82 Å². The lowest BCUT2D eigenvalue weighted by atomic mass is 10.1. The molecule has 0 amide bonds. The van der Waals surface area contributed by atoms with E-state index >= 15 is 0 Å². The molecule has 1 aliphatic heterocycles. The van der Waals surface area contributed by atoms with Crippen LogP contribution in [0.25, 0.3) is 11.0 Å². The normalized spacial score (nSPS) is 15.7. The first kappa shape index (κ1) is 21.6. The van der Waals surface area contributed by atoms with Crippen LogP contribution in [0.2, 0.25) is 0 Å². The molecule has 10 heteroatoms. The van der Waals surface area contributed by atoms with E-state index in [4.69, 9.17) is 4.74 Å². The van der Waals surface area contributed by atoms with E-state index in [-0.39, 0.29) is 24.0 Å². The third-order valence-corrected chi connectivity index (χ3v) is 4.59. The molecule has 0 bridgehead atoms. The fourth-order valence-electron chi connectivity index (χ4n) is 3.26. The van der Waals surface area contributed by atoms with Crippen molar-refractivity contribution in [2.45, 2.75) is 25.9 Å². The topological polar surface area (TPSA) is 92.5 Å². The Balaban J connectivity index is 0.00000261. The highest BCUT2D eigenvalue weighted by molar-refractivity contribution is 14.0.